The number of carbonyl (C=O) groups excluding carboxylic acids is 1. The van der Waals surface area contributed by atoms with Gasteiger partial charge in [-0.1, -0.05) is 33.1 Å². The fourth-order valence-corrected chi connectivity index (χ4v) is 1.08. The fraction of sp³-hybridized carbons (Fsp3) is 0.900. The summed E-state index contributed by atoms with van der Waals surface area (Å²) in [5, 5.41) is 0. The molecule has 0 aliphatic rings. The molecule has 0 fully saturated rings. The molecule has 0 aromatic heterocycles. The zero-order chi connectivity index (χ0) is 10.1. The second-order valence-corrected chi connectivity index (χ2v) is 3.27. The molecule has 0 N–H and O–H groups in total. The van der Waals surface area contributed by atoms with E-state index in [-0.39, 0.29) is 18.7 Å². The molecule has 78 valence electrons. The van der Waals surface area contributed by atoms with Crippen molar-refractivity contribution in [2.45, 2.75) is 39.5 Å². The van der Waals surface area contributed by atoms with Crippen molar-refractivity contribution in [3.8, 4) is 0 Å². The molecule has 1 unspecified atom stereocenters. The standard InChI is InChI=1S/C10H20O3/c1-4-5-6-7-9(2)10(11)13-8-12-3/h9H,4-8H2,1-3H3. The summed E-state index contributed by atoms with van der Waals surface area (Å²) < 4.78 is 9.47. The second-order valence-electron chi connectivity index (χ2n) is 3.27. The molecule has 0 aliphatic carbocycles. The summed E-state index contributed by atoms with van der Waals surface area (Å²) in [6.45, 7) is 4.11. The third-order valence-electron chi connectivity index (χ3n) is 1.96. The molecule has 0 bridgehead atoms. The van der Waals surface area contributed by atoms with Gasteiger partial charge in [0, 0.05) is 7.11 Å². The van der Waals surface area contributed by atoms with E-state index in [1.54, 1.807) is 0 Å². The van der Waals surface area contributed by atoms with Gasteiger partial charge in [0.2, 0.25) is 0 Å². The predicted molar refractivity (Wildman–Crippen MR) is 51.3 cm³/mol. The lowest BCUT2D eigenvalue weighted by atomic mass is 10.0. The van der Waals surface area contributed by atoms with Crippen LogP contribution < -0.4 is 0 Å². The highest BCUT2D eigenvalue weighted by Gasteiger charge is 2.13. The summed E-state index contributed by atoms with van der Waals surface area (Å²) in [5.74, 6) is -0.153. The van der Waals surface area contributed by atoms with Crippen LogP contribution in [0.5, 0.6) is 0 Å². The Bertz CT molecular complexity index is 134. The summed E-state index contributed by atoms with van der Waals surface area (Å²) in [7, 11) is 1.51. The lowest BCUT2D eigenvalue weighted by molar-refractivity contribution is -0.158. The number of hydrogen-bond acceptors (Lipinski definition) is 3. The average Bonchev–Trinajstić information content (AvgIpc) is 2.14. The van der Waals surface area contributed by atoms with Gasteiger partial charge in [-0.15, -0.1) is 0 Å². The van der Waals surface area contributed by atoms with E-state index in [1.807, 2.05) is 6.92 Å². The highest BCUT2D eigenvalue weighted by atomic mass is 16.7. The molecule has 0 amide bonds. The van der Waals surface area contributed by atoms with Crippen molar-refractivity contribution in [1.29, 1.82) is 0 Å². The highest BCUT2D eigenvalue weighted by molar-refractivity contribution is 5.71. The summed E-state index contributed by atoms with van der Waals surface area (Å²) in [5.41, 5.74) is 0. The molecule has 0 rings (SSSR count). The maximum Gasteiger partial charge on any atom is 0.310 e. The molecule has 0 heterocycles. The van der Waals surface area contributed by atoms with E-state index in [0.29, 0.717) is 0 Å². The van der Waals surface area contributed by atoms with Crippen LogP contribution in [0.15, 0.2) is 0 Å². The van der Waals surface area contributed by atoms with Crippen molar-refractivity contribution in [3.63, 3.8) is 0 Å². The van der Waals surface area contributed by atoms with E-state index in [2.05, 4.69) is 11.7 Å². The van der Waals surface area contributed by atoms with Crippen molar-refractivity contribution in [3.05, 3.63) is 0 Å². The molecule has 0 aliphatic heterocycles. The van der Waals surface area contributed by atoms with Crippen LogP contribution >= 0.6 is 0 Å². The Morgan fingerprint density at radius 3 is 2.62 bits per heavy atom. The van der Waals surface area contributed by atoms with Crippen molar-refractivity contribution < 1.29 is 14.3 Å². The smallest absolute Gasteiger partial charge is 0.310 e. The minimum Gasteiger partial charge on any atom is -0.438 e. The van der Waals surface area contributed by atoms with Gasteiger partial charge in [-0.05, 0) is 6.42 Å². The zero-order valence-corrected chi connectivity index (χ0v) is 8.84. The lowest BCUT2D eigenvalue weighted by Crippen LogP contribution is -2.16. The number of rotatable bonds is 7. The van der Waals surface area contributed by atoms with Crippen molar-refractivity contribution in [2.75, 3.05) is 13.9 Å². The average molecular weight is 188 g/mol. The van der Waals surface area contributed by atoms with Gasteiger partial charge in [0.15, 0.2) is 6.79 Å². The van der Waals surface area contributed by atoms with E-state index in [9.17, 15) is 4.79 Å². The first-order valence-corrected chi connectivity index (χ1v) is 4.88. The van der Waals surface area contributed by atoms with Gasteiger partial charge in [0.1, 0.15) is 0 Å². The molecule has 3 nitrogen and oxygen atoms in total. The Morgan fingerprint density at radius 2 is 2.08 bits per heavy atom. The largest absolute Gasteiger partial charge is 0.438 e. The molecule has 3 heteroatoms. The van der Waals surface area contributed by atoms with Crippen molar-refractivity contribution in [2.24, 2.45) is 5.92 Å². The van der Waals surface area contributed by atoms with Crippen LogP contribution in [0.1, 0.15) is 39.5 Å². The molecular formula is C10H20O3. The first-order chi connectivity index (χ1) is 6.22. The van der Waals surface area contributed by atoms with Crippen molar-refractivity contribution in [1.82, 2.24) is 0 Å². The molecule has 0 aromatic carbocycles. The quantitative estimate of drug-likeness (QED) is 0.349. The Morgan fingerprint density at radius 1 is 1.38 bits per heavy atom. The maximum atomic E-state index is 11.2. The number of esters is 1. The van der Waals surface area contributed by atoms with Crippen LogP contribution in [0.2, 0.25) is 0 Å². The predicted octanol–water partition coefficient (Wildman–Crippen LogP) is 2.35. The number of unbranched alkanes of at least 4 members (excludes halogenated alkanes) is 2. The second kappa shape index (κ2) is 8.05. The molecule has 0 spiro atoms. The first-order valence-electron chi connectivity index (χ1n) is 4.88. The summed E-state index contributed by atoms with van der Waals surface area (Å²) in [6.07, 6.45) is 4.37. The normalized spacial score (nSPS) is 12.5. The molecule has 0 saturated heterocycles. The van der Waals surface area contributed by atoms with E-state index >= 15 is 0 Å². The summed E-state index contributed by atoms with van der Waals surface area (Å²) in [4.78, 5) is 11.2. The maximum absolute atomic E-state index is 11.2. The van der Waals surface area contributed by atoms with Crippen LogP contribution in [0.25, 0.3) is 0 Å². The number of hydrogen-bond donors (Lipinski definition) is 0. The molecule has 13 heavy (non-hydrogen) atoms. The van der Waals surface area contributed by atoms with Crippen LogP contribution in [0.3, 0.4) is 0 Å². The Hall–Kier alpha value is -0.570. The number of carbonyl (C=O) groups is 1. The van der Waals surface area contributed by atoms with Crippen LogP contribution in [-0.2, 0) is 14.3 Å². The number of ether oxygens (including phenoxy) is 2. The Kier molecular flexibility index (Phi) is 7.69. The minimum absolute atomic E-state index is 0.00157. The molecule has 0 radical (unpaired) electrons. The zero-order valence-electron chi connectivity index (χ0n) is 8.84. The van der Waals surface area contributed by atoms with E-state index < -0.39 is 0 Å². The molecule has 0 saturated carbocycles. The Labute approximate surface area is 80.4 Å². The van der Waals surface area contributed by atoms with Gasteiger partial charge in [-0.2, -0.15) is 0 Å². The Balaban J connectivity index is 3.45. The van der Waals surface area contributed by atoms with Gasteiger partial charge >= 0.3 is 5.97 Å². The monoisotopic (exact) mass is 188 g/mol. The van der Waals surface area contributed by atoms with E-state index in [0.717, 1.165) is 12.8 Å². The summed E-state index contributed by atoms with van der Waals surface area (Å²) in [6, 6.07) is 0. The van der Waals surface area contributed by atoms with Gasteiger partial charge in [-0.3, -0.25) is 4.79 Å². The molecule has 0 aromatic rings. The van der Waals surface area contributed by atoms with Crippen LogP contribution in [-0.4, -0.2) is 19.9 Å². The van der Waals surface area contributed by atoms with E-state index in [4.69, 9.17) is 4.74 Å². The van der Waals surface area contributed by atoms with Gasteiger partial charge in [0.05, 0.1) is 5.92 Å². The number of methoxy groups -OCH3 is 1. The van der Waals surface area contributed by atoms with Gasteiger partial charge in [-0.25, -0.2) is 0 Å². The van der Waals surface area contributed by atoms with Crippen molar-refractivity contribution >= 4 is 5.97 Å². The molecular weight excluding hydrogens is 168 g/mol. The van der Waals surface area contributed by atoms with Gasteiger partial charge < -0.3 is 9.47 Å². The third kappa shape index (κ3) is 6.58. The molecule has 1 atom stereocenters. The van der Waals surface area contributed by atoms with E-state index in [1.165, 1.54) is 20.0 Å². The topological polar surface area (TPSA) is 35.5 Å². The third-order valence-corrected chi connectivity index (χ3v) is 1.96. The summed E-state index contributed by atoms with van der Waals surface area (Å²) >= 11 is 0. The van der Waals surface area contributed by atoms with Gasteiger partial charge in [0.25, 0.3) is 0 Å². The lowest BCUT2D eigenvalue weighted by Gasteiger charge is -2.09. The minimum atomic E-state index is -0.155. The fourth-order valence-electron chi connectivity index (χ4n) is 1.08. The SMILES string of the molecule is CCCCCC(C)C(=O)OCOC. The highest BCUT2D eigenvalue weighted by Crippen LogP contribution is 2.10. The van der Waals surface area contributed by atoms with Crippen LogP contribution in [0.4, 0.5) is 0 Å². The first kappa shape index (κ1) is 12.4. The van der Waals surface area contributed by atoms with Crippen LogP contribution in [0, 0.1) is 5.92 Å².